The van der Waals surface area contributed by atoms with Gasteiger partial charge in [0, 0.05) is 9.49 Å². The Hall–Kier alpha value is -1.11. The van der Waals surface area contributed by atoms with E-state index >= 15 is 0 Å². The van der Waals surface area contributed by atoms with Gasteiger partial charge in [-0.05, 0) is 60.1 Å². The second-order valence-electron chi connectivity index (χ2n) is 4.48. The van der Waals surface area contributed by atoms with Crippen molar-refractivity contribution in [1.82, 2.24) is 15.0 Å². The first kappa shape index (κ1) is 11.0. The van der Waals surface area contributed by atoms with Gasteiger partial charge in [-0.3, -0.25) is 0 Å². The lowest BCUT2D eigenvalue weighted by molar-refractivity contribution is 0.759. The molecule has 5 heteroatoms. The van der Waals surface area contributed by atoms with E-state index in [1.54, 1.807) is 0 Å². The summed E-state index contributed by atoms with van der Waals surface area (Å²) in [7, 11) is 0. The quantitative estimate of drug-likeness (QED) is 0.855. The molecule has 0 bridgehead atoms. The van der Waals surface area contributed by atoms with Gasteiger partial charge in [-0.1, -0.05) is 11.3 Å². The molecule has 0 aliphatic heterocycles. The van der Waals surface area contributed by atoms with Crippen LogP contribution in [0.1, 0.15) is 30.0 Å². The minimum absolute atomic E-state index is 0.544. The third kappa shape index (κ3) is 1.92. The average Bonchev–Trinajstić information content (AvgIpc) is 3.06. The highest BCUT2D eigenvalue weighted by atomic mass is 127. The topological polar surface area (TPSA) is 56.7 Å². The first-order valence-corrected chi connectivity index (χ1v) is 6.72. The predicted molar refractivity (Wildman–Crippen MR) is 75.2 cm³/mol. The van der Waals surface area contributed by atoms with Crippen molar-refractivity contribution in [3.8, 4) is 5.69 Å². The molecule has 0 radical (unpaired) electrons. The van der Waals surface area contributed by atoms with Crippen LogP contribution in [-0.2, 0) is 0 Å². The number of hydrogen-bond acceptors (Lipinski definition) is 3. The van der Waals surface area contributed by atoms with E-state index in [0.717, 1.165) is 11.4 Å². The summed E-state index contributed by atoms with van der Waals surface area (Å²) in [6, 6.07) is 6.32. The van der Waals surface area contributed by atoms with Crippen LogP contribution in [0.2, 0.25) is 0 Å². The molecule has 1 aromatic carbocycles. The Bertz CT molecular complexity index is 572. The Morgan fingerprint density at radius 3 is 2.88 bits per heavy atom. The zero-order valence-corrected chi connectivity index (χ0v) is 11.7. The van der Waals surface area contributed by atoms with Gasteiger partial charge in [-0.2, -0.15) is 0 Å². The van der Waals surface area contributed by atoms with Crippen molar-refractivity contribution in [2.24, 2.45) is 0 Å². The maximum atomic E-state index is 5.91. The molecule has 0 amide bonds. The number of anilines is 1. The van der Waals surface area contributed by atoms with Crippen molar-refractivity contribution in [2.75, 3.05) is 5.73 Å². The summed E-state index contributed by atoms with van der Waals surface area (Å²) in [4.78, 5) is 0. The SMILES string of the molecule is Cc1ccc(I)cc1-n1nnc(N)c1C1CC1. The minimum atomic E-state index is 0.544. The maximum Gasteiger partial charge on any atom is 0.169 e. The highest BCUT2D eigenvalue weighted by molar-refractivity contribution is 14.1. The van der Waals surface area contributed by atoms with E-state index in [1.807, 2.05) is 4.68 Å². The van der Waals surface area contributed by atoms with E-state index in [1.165, 1.54) is 22.0 Å². The minimum Gasteiger partial charge on any atom is -0.381 e. The standard InChI is InChI=1S/C12H13IN4/c1-7-2-5-9(13)6-10(7)17-11(8-3-4-8)12(14)15-16-17/h2,5-6,8H,3-4,14H2,1H3. The molecule has 1 heterocycles. The molecule has 1 saturated carbocycles. The number of aryl methyl sites for hydroxylation is 1. The maximum absolute atomic E-state index is 5.91. The number of rotatable bonds is 2. The highest BCUT2D eigenvalue weighted by Gasteiger charge is 2.31. The van der Waals surface area contributed by atoms with Crippen LogP contribution in [0, 0.1) is 10.5 Å². The monoisotopic (exact) mass is 340 g/mol. The molecule has 0 spiro atoms. The molecule has 3 rings (SSSR count). The molecule has 0 unspecified atom stereocenters. The molecular formula is C12H13IN4. The highest BCUT2D eigenvalue weighted by Crippen LogP contribution is 2.42. The van der Waals surface area contributed by atoms with Crippen molar-refractivity contribution >= 4 is 28.4 Å². The van der Waals surface area contributed by atoms with Crippen LogP contribution in [-0.4, -0.2) is 15.0 Å². The number of hydrogen-bond donors (Lipinski definition) is 1. The van der Waals surface area contributed by atoms with Gasteiger partial charge in [-0.25, -0.2) is 4.68 Å². The third-order valence-corrected chi connectivity index (χ3v) is 3.77. The van der Waals surface area contributed by atoms with Gasteiger partial charge < -0.3 is 5.73 Å². The van der Waals surface area contributed by atoms with Crippen molar-refractivity contribution in [3.63, 3.8) is 0 Å². The molecule has 4 nitrogen and oxygen atoms in total. The Balaban J connectivity index is 2.17. The number of nitrogens with zero attached hydrogens (tertiary/aromatic N) is 3. The molecule has 0 saturated heterocycles. The fraction of sp³-hybridized carbons (Fsp3) is 0.333. The lowest BCUT2D eigenvalue weighted by Gasteiger charge is -2.09. The molecule has 1 fully saturated rings. The number of aromatic nitrogens is 3. The lowest BCUT2D eigenvalue weighted by atomic mass is 10.2. The van der Waals surface area contributed by atoms with E-state index < -0.39 is 0 Å². The van der Waals surface area contributed by atoms with Gasteiger partial charge in [0.15, 0.2) is 5.82 Å². The predicted octanol–water partition coefficient (Wildman–Crippen LogP) is 2.64. The Kier molecular flexibility index (Phi) is 2.57. The lowest BCUT2D eigenvalue weighted by Crippen LogP contribution is -2.04. The first-order chi connectivity index (χ1) is 8.16. The van der Waals surface area contributed by atoms with Crippen LogP contribution in [0.5, 0.6) is 0 Å². The molecule has 17 heavy (non-hydrogen) atoms. The van der Waals surface area contributed by atoms with Gasteiger partial charge in [0.1, 0.15) is 0 Å². The zero-order chi connectivity index (χ0) is 12.0. The summed E-state index contributed by atoms with van der Waals surface area (Å²) in [6.07, 6.45) is 2.39. The van der Waals surface area contributed by atoms with Gasteiger partial charge in [-0.15, -0.1) is 5.10 Å². The molecular weight excluding hydrogens is 327 g/mol. The third-order valence-electron chi connectivity index (χ3n) is 3.10. The number of halogens is 1. The van der Waals surface area contributed by atoms with E-state index in [-0.39, 0.29) is 0 Å². The van der Waals surface area contributed by atoms with Crippen molar-refractivity contribution < 1.29 is 0 Å². The Labute approximate surface area is 113 Å². The largest absolute Gasteiger partial charge is 0.381 e. The summed E-state index contributed by atoms with van der Waals surface area (Å²) in [5, 5.41) is 8.20. The fourth-order valence-electron chi connectivity index (χ4n) is 2.03. The van der Waals surface area contributed by atoms with Crippen LogP contribution in [0.3, 0.4) is 0 Å². The van der Waals surface area contributed by atoms with E-state index in [4.69, 9.17) is 5.73 Å². The summed E-state index contributed by atoms with van der Waals surface area (Å²) < 4.78 is 3.10. The Morgan fingerprint density at radius 2 is 2.18 bits per heavy atom. The van der Waals surface area contributed by atoms with Crippen molar-refractivity contribution in [3.05, 3.63) is 33.0 Å². The summed E-state index contributed by atoms with van der Waals surface area (Å²) >= 11 is 2.31. The summed E-state index contributed by atoms with van der Waals surface area (Å²) in [5.74, 6) is 1.12. The van der Waals surface area contributed by atoms with Gasteiger partial charge in [0.2, 0.25) is 0 Å². The molecule has 0 atom stereocenters. The smallest absolute Gasteiger partial charge is 0.169 e. The van der Waals surface area contributed by atoms with Crippen LogP contribution in [0.4, 0.5) is 5.82 Å². The summed E-state index contributed by atoms with van der Waals surface area (Å²) in [5.41, 5.74) is 9.27. The number of nitrogens with two attached hydrogens (primary N) is 1. The molecule has 2 aromatic rings. The summed E-state index contributed by atoms with van der Waals surface area (Å²) in [6.45, 7) is 2.08. The molecule has 1 aromatic heterocycles. The molecule has 1 aliphatic rings. The van der Waals surface area contributed by atoms with E-state index in [0.29, 0.717) is 11.7 Å². The average molecular weight is 340 g/mol. The van der Waals surface area contributed by atoms with Crippen LogP contribution < -0.4 is 5.73 Å². The van der Waals surface area contributed by atoms with E-state index in [9.17, 15) is 0 Å². The molecule has 1 aliphatic carbocycles. The fourth-order valence-corrected chi connectivity index (χ4v) is 2.50. The van der Waals surface area contributed by atoms with E-state index in [2.05, 4.69) is 58.0 Å². The number of benzene rings is 1. The van der Waals surface area contributed by atoms with Crippen molar-refractivity contribution in [2.45, 2.75) is 25.7 Å². The zero-order valence-electron chi connectivity index (χ0n) is 9.52. The van der Waals surface area contributed by atoms with Crippen molar-refractivity contribution in [1.29, 1.82) is 0 Å². The second-order valence-corrected chi connectivity index (χ2v) is 5.72. The first-order valence-electron chi connectivity index (χ1n) is 5.64. The van der Waals surface area contributed by atoms with Crippen LogP contribution in [0.15, 0.2) is 18.2 Å². The van der Waals surface area contributed by atoms with Gasteiger partial charge >= 0.3 is 0 Å². The van der Waals surface area contributed by atoms with Crippen LogP contribution >= 0.6 is 22.6 Å². The van der Waals surface area contributed by atoms with Gasteiger partial charge in [0.25, 0.3) is 0 Å². The number of nitrogen functional groups attached to an aromatic ring is 1. The second kappa shape index (κ2) is 3.97. The normalized spacial score (nSPS) is 15.2. The molecule has 88 valence electrons. The van der Waals surface area contributed by atoms with Crippen LogP contribution in [0.25, 0.3) is 5.69 Å². The Morgan fingerprint density at radius 1 is 1.41 bits per heavy atom. The molecule has 2 N–H and O–H groups in total. The van der Waals surface area contributed by atoms with Gasteiger partial charge in [0.05, 0.1) is 11.4 Å².